The molecule has 0 aliphatic rings. The fraction of sp³-hybridized carbons (Fsp3) is 0.391. The highest BCUT2D eigenvalue weighted by Crippen LogP contribution is 2.22. The summed E-state index contributed by atoms with van der Waals surface area (Å²) >= 11 is 6.25. The van der Waals surface area contributed by atoms with E-state index < -0.39 is 0 Å². The van der Waals surface area contributed by atoms with Crippen LogP contribution in [-0.4, -0.2) is 60.1 Å². The van der Waals surface area contributed by atoms with Gasteiger partial charge in [-0.1, -0.05) is 18.2 Å². The van der Waals surface area contributed by atoms with Gasteiger partial charge in [-0.15, -0.1) is 34.6 Å². The molecule has 32 heavy (non-hydrogen) atoms. The van der Waals surface area contributed by atoms with Crippen molar-refractivity contribution in [2.45, 2.75) is 17.7 Å². The largest absolute Gasteiger partial charge is 0.493 e. The van der Waals surface area contributed by atoms with Gasteiger partial charge in [0, 0.05) is 17.0 Å². The Morgan fingerprint density at radius 1 is 1.09 bits per heavy atom. The number of nitrogens with one attached hydrogen (secondary N) is 2. The smallest absolute Gasteiger partial charge is 0.247 e. The molecule has 0 aliphatic heterocycles. The molecule has 0 aliphatic carbocycles. The fourth-order valence-electron chi connectivity index (χ4n) is 2.88. The maximum Gasteiger partial charge on any atom is 0.247 e. The first-order valence-electron chi connectivity index (χ1n) is 10.6. The molecule has 3 aromatic rings. The summed E-state index contributed by atoms with van der Waals surface area (Å²) < 4.78 is 11.5. The number of benzene rings is 2. The Labute approximate surface area is 199 Å². The van der Waals surface area contributed by atoms with Crippen molar-refractivity contribution in [3.8, 4) is 17.2 Å². The molecule has 0 fully saturated rings. The molecule has 1 unspecified atom stereocenters. The highest BCUT2D eigenvalue weighted by molar-refractivity contribution is 7.98. The van der Waals surface area contributed by atoms with E-state index in [1.807, 2.05) is 54.6 Å². The van der Waals surface area contributed by atoms with Gasteiger partial charge in [-0.25, -0.2) is 0 Å². The number of hydrogen-bond acceptors (Lipinski definition) is 9. The molecule has 0 saturated heterocycles. The second kappa shape index (κ2) is 13.4. The summed E-state index contributed by atoms with van der Waals surface area (Å²) in [5.41, 5.74) is 1.75. The summed E-state index contributed by atoms with van der Waals surface area (Å²) in [6.07, 6.45) is 1.07. The van der Waals surface area contributed by atoms with E-state index in [-0.39, 0.29) is 5.50 Å². The molecular weight excluding hydrogens is 442 g/mol. The van der Waals surface area contributed by atoms with E-state index in [0.29, 0.717) is 24.1 Å². The van der Waals surface area contributed by atoms with E-state index in [0.717, 1.165) is 42.3 Å². The fourth-order valence-corrected chi connectivity index (χ4v) is 3.79. The Kier molecular flexibility index (Phi) is 10.2. The predicted molar refractivity (Wildman–Crippen MR) is 135 cm³/mol. The van der Waals surface area contributed by atoms with Gasteiger partial charge in [-0.2, -0.15) is 0 Å². The van der Waals surface area contributed by atoms with Gasteiger partial charge in [0.1, 0.15) is 11.2 Å². The SMILES string of the molecule is CN(C)CCCNC(S)Nc1ccc(-c2nnc(CSCCOc3ccccc3)o2)cc1. The molecule has 2 N–H and O–H groups in total. The summed E-state index contributed by atoms with van der Waals surface area (Å²) in [7, 11) is 4.15. The third-order valence-electron chi connectivity index (χ3n) is 4.49. The quantitative estimate of drug-likeness (QED) is 0.183. The summed E-state index contributed by atoms with van der Waals surface area (Å²) in [4.78, 5) is 2.17. The van der Waals surface area contributed by atoms with Crippen molar-refractivity contribution >= 4 is 30.1 Å². The van der Waals surface area contributed by atoms with Crippen molar-refractivity contribution in [1.29, 1.82) is 0 Å². The first-order chi connectivity index (χ1) is 15.6. The average Bonchev–Trinajstić information content (AvgIpc) is 3.26. The number of ether oxygens (including phenoxy) is 1. The predicted octanol–water partition coefficient (Wildman–Crippen LogP) is 4.22. The molecule has 1 atom stereocenters. The molecular formula is C23H31N5O2S2. The Morgan fingerprint density at radius 2 is 1.88 bits per heavy atom. The number of nitrogens with zero attached hydrogens (tertiary/aromatic N) is 3. The normalized spacial score (nSPS) is 12.1. The molecule has 172 valence electrons. The van der Waals surface area contributed by atoms with Crippen LogP contribution < -0.4 is 15.4 Å². The molecule has 9 heteroatoms. The van der Waals surface area contributed by atoms with Gasteiger partial charge in [0.2, 0.25) is 11.8 Å². The van der Waals surface area contributed by atoms with E-state index in [1.54, 1.807) is 11.8 Å². The van der Waals surface area contributed by atoms with Gasteiger partial charge < -0.3 is 19.4 Å². The topological polar surface area (TPSA) is 75.5 Å². The number of rotatable bonds is 14. The van der Waals surface area contributed by atoms with Crippen molar-refractivity contribution in [1.82, 2.24) is 20.4 Å². The number of anilines is 1. The Bertz CT molecular complexity index is 906. The van der Waals surface area contributed by atoms with Gasteiger partial charge in [-0.3, -0.25) is 5.32 Å². The molecule has 0 saturated carbocycles. The van der Waals surface area contributed by atoms with Gasteiger partial charge in [0.25, 0.3) is 0 Å². The second-order valence-electron chi connectivity index (χ2n) is 7.45. The molecule has 2 aromatic carbocycles. The van der Waals surface area contributed by atoms with Crippen LogP contribution in [0.5, 0.6) is 5.75 Å². The monoisotopic (exact) mass is 473 g/mol. The van der Waals surface area contributed by atoms with Crippen LogP contribution in [0.15, 0.2) is 59.0 Å². The minimum absolute atomic E-state index is 0.110. The highest BCUT2D eigenvalue weighted by atomic mass is 32.2. The molecule has 1 heterocycles. The van der Waals surface area contributed by atoms with Crippen LogP contribution in [0.3, 0.4) is 0 Å². The average molecular weight is 474 g/mol. The lowest BCUT2D eigenvalue weighted by Crippen LogP contribution is -2.33. The van der Waals surface area contributed by atoms with E-state index in [1.165, 1.54) is 0 Å². The van der Waals surface area contributed by atoms with E-state index in [2.05, 4.69) is 52.5 Å². The summed E-state index contributed by atoms with van der Waals surface area (Å²) in [6.45, 7) is 2.59. The second-order valence-corrected chi connectivity index (χ2v) is 9.07. The molecule has 7 nitrogen and oxygen atoms in total. The molecule has 0 spiro atoms. The van der Waals surface area contributed by atoms with Gasteiger partial charge in [-0.05, 0) is 70.0 Å². The third-order valence-corrected chi connectivity index (χ3v) is 5.71. The summed E-state index contributed by atoms with van der Waals surface area (Å²) in [6, 6.07) is 17.7. The number of thiol groups is 1. The zero-order valence-electron chi connectivity index (χ0n) is 18.5. The van der Waals surface area contributed by atoms with Crippen LogP contribution in [0.2, 0.25) is 0 Å². The van der Waals surface area contributed by atoms with Crippen LogP contribution in [0.25, 0.3) is 11.5 Å². The summed E-state index contributed by atoms with van der Waals surface area (Å²) in [5, 5.41) is 15.0. The molecule has 3 rings (SSSR count). The first-order valence-corrected chi connectivity index (χ1v) is 12.3. The minimum Gasteiger partial charge on any atom is -0.493 e. The highest BCUT2D eigenvalue weighted by Gasteiger charge is 2.09. The lowest BCUT2D eigenvalue weighted by Gasteiger charge is -2.17. The number of hydrogen-bond donors (Lipinski definition) is 3. The summed E-state index contributed by atoms with van der Waals surface area (Å²) in [5.74, 6) is 3.53. The van der Waals surface area contributed by atoms with Crippen LogP contribution in [0.1, 0.15) is 12.3 Å². The maximum absolute atomic E-state index is 5.80. The van der Waals surface area contributed by atoms with E-state index in [9.17, 15) is 0 Å². The zero-order valence-corrected chi connectivity index (χ0v) is 20.2. The minimum atomic E-state index is -0.110. The van der Waals surface area contributed by atoms with Crippen molar-refractivity contribution in [3.05, 3.63) is 60.5 Å². The number of thioether (sulfide) groups is 1. The van der Waals surface area contributed by atoms with E-state index >= 15 is 0 Å². The van der Waals surface area contributed by atoms with Crippen molar-refractivity contribution in [3.63, 3.8) is 0 Å². The van der Waals surface area contributed by atoms with Gasteiger partial charge >= 0.3 is 0 Å². The van der Waals surface area contributed by atoms with Gasteiger partial charge in [0.05, 0.1) is 12.4 Å². The lowest BCUT2D eigenvalue weighted by atomic mass is 10.2. The molecule has 0 amide bonds. The van der Waals surface area contributed by atoms with E-state index in [4.69, 9.17) is 9.15 Å². The van der Waals surface area contributed by atoms with Crippen LogP contribution in [-0.2, 0) is 5.75 Å². The Hall–Kier alpha value is -2.20. The van der Waals surface area contributed by atoms with Crippen LogP contribution in [0, 0.1) is 0 Å². The molecule has 0 bridgehead atoms. The molecule has 1 aromatic heterocycles. The first kappa shape index (κ1) is 24.4. The standard InChI is InChI=1S/C23H31N5O2S2/c1-28(2)14-6-13-24-23(31)25-19-11-9-18(10-12-19)22-27-26-21(30-22)17-32-16-15-29-20-7-4-3-5-8-20/h3-5,7-12,23-25,31H,6,13-17H2,1-2H3. The third kappa shape index (κ3) is 8.74. The van der Waals surface area contributed by atoms with Gasteiger partial charge in [0.15, 0.2) is 0 Å². The number of aromatic nitrogens is 2. The number of para-hydroxylation sites is 1. The van der Waals surface area contributed by atoms with Crippen LogP contribution in [0.4, 0.5) is 5.69 Å². The lowest BCUT2D eigenvalue weighted by molar-refractivity contribution is 0.344. The Morgan fingerprint density at radius 3 is 2.62 bits per heavy atom. The Balaban J connectivity index is 1.37. The van der Waals surface area contributed by atoms with Crippen LogP contribution >= 0.6 is 24.4 Å². The maximum atomic E-state index is 5.80. The van der Waals surface area contributed by atoms with Crippen molar-refractivity contribution in [2.75, 3.05) is 44.9 Å². The van der Waals surface area contributed by atoms with Crippen molar-refractivity contribution in [2.24, 2.45) is 0 Å². The zero-order chi connectivity index (χ0) is 22.6. The molecule has 0 radical (unpaired) electrons. The van der Waals surface area contributed by atoms with Crippen molar-refractivity contribution < 1.29 is 9.15 Å².